The molecule has 0 saturated heterocycles. The van der Waals surface area contributed by atoms with Crippen LogP contribution >= 0.6 is 0 Å². The van der Waals surface area contributed by atoms with Gasteiger partial charge in [0.2, 0.25) is 0 Å². The zero-order valence-electron chi connectivity index (χ0n) is 13.6. The van der Waals surface area contributed by atoms with E-state index in [-0.39, 0.29) is 0 Å². The molecule has 0 amide bonds. The largest absolute Gasteiger partial charge is 0.324 e. The van der Waals surface area contributed by atoms with Crippen molar-refractivity contribution >= 4 is 0 Å². The summed E-state index contributed by atoms with van der Waals surface area (Å²) in [7, 11) is 0. The maximum absolute atomic E-state index is 2.36. The molecule has 1 aromatic heterocycles. The number of rotatable bonds is 9. The van der Waals surface area contributed by atoms with Crippen molar-refractivity contribution in [3.8, 4) is 5.69 Å². The first-order valence-corrected chi connectivity index (χ1v) is 8.54. The van der Waals surface area contributed by atoms with Crippen LogP contribution in [0.3, 0.4) is 0 Å². The molecule has 1 nitrogen and oxygen atoms in total. The van der Waals surface area contributed by atoms with E-state index in [0.717, 1.165) is 0 Å². The lowest BCUT2D eigenvalue weighted by atomic mass is 9.97. The molecule has 0 N–H and O–H groups in total. The third-order valence-electron chi connectivity index (χ3n) is 4.33. The Morgan fingerprint density at radius 2 is 1.62 bits per heavy atom. The summed E-state index contributed by atoms with van der Waals surface area (Å²) in [5.41, 5.74) is 2.71. The van der Waals surface area contributed by atoms with Crippen LogP contribution in [0.5, 0.6) is 0 Å². The van der Waals surface area contributed by atoms with Gasteiger partial charge >= 0.3 is 0 Å². The molecule has 0 fully saturated rings. The number of unbranched alkanes of at least 4 members (excludes halogenated alkanes) is 5. The molecule has 21 heavy (non-hydrogen) atoms. The van der Waals surface area contributed by atoms with Gasteiger partial charge in [-0.05, 0) is 36.1 Å². The lowest BCUT2D eigenvalue weighted by Gasteiger charge is -2.09. The van der Waals surface area contributed by atoms with Crippen LogP contribution in [-0.4, -0.2) is 4.57 Å². The Kier molecular flexibility index (Phi) is 6.59. The summed E-state index contributed by atoms with van der Waals surface area (Å²) < 4.78 is 2.23. The van der Waals surface area contributed by atoms with Gasteiger partial charge < -0.3 is 4.57 Å². The maximum atomic E-state index is 2.36. The molecule has 0 saturated carbocycles. The maximum Gasteiger partial charge on any atom is 0.0449 e. The minimum absolute atomic E-state index is 0.668. The highest BCUT2D eigenvalue weighted by Gasteiger charge is 2.07. The predicted molar refractivity (Wildman–Crippen MR) is 92.2 cm³/mol. The van der Waals surface area contributed by atoms with Crippen molar-refractivity contribution in [2.75, 3.05) is 0 Å². The van der Waals surface area contributed by atoms with Crippen molar-refractivity contribution < 1.29 is 0 Å². The Bertz CT molecular complexity index is 498. The Morgan fingerprint density at radius 3 is 2.38 bits per heavy atom. The molecule has 0 bridgehead atoms. The van der Waals surface area contributed by atoms with Crippen molar-refractivity contribution in [1.29, 1.82) is 0 Å². The van der Waals surface area contributed by atoms with E-state index in [1.54, 1.807) is 0 Å². The first kappa shape index (κ1) is 15.9. The van der Waals surface area contributed by atoms with E-state index in [1.165, 1.54) is 56.2 Å². The van der Waals surface area contributed by atoms with Crippen molar-refractivity contribution in [1.82, 2.24) is 4.57 Å². The van der Waals surface area contributed by atoms with Crippen LogP contribution in [-0.2, 0) is 0 Å². The molecule has 0 aliphatic carbocycles. The minimum Gasteiger partial charge on any atom is -0.324 e. The van der Waals surface area contributed by atoms with Crippen LogP contribution in [0.2, 0.25) is 0 Å². The van der Waals surface area contributed by atoms with Crippen LogP contribution in [0.4, 0.5) is 0 Å². The lowest BCUT2D eigenvalue weighted by molar-refractivity contribution is 0.557. The Hall–Kier alpha value is -1.50. The van der Waals surface area contributed by atoms with Crippen molar-refractivity contribution in [3.63, 3.8) is 0 Å². The molecule has 1 aromatic carbocycles. The summed E-state index contributed by atoms with van der Waals surface area (Å²) in [6, 6.07) is 12.8. The first-order valence-electron chi connectivity index (χ1n) is 8.54. The number of hydrogen-bond acceptors (Lipinski definition) is 0. The second-order valence-corrected chi connectivity index (χ2v) is 6.15. The molecule has 1 heteroatoms. The fraction of sp³-hybridized carbons (Fsp3) is 0.500. The number of nitrogens with zero attached hydrogens (tertiary/aromatic N) is 1. The van der Waals surface area contributed by atoms with E-state index >= 15 is 0 Å². The molecular formula is C20H29N. The molecule has 2 aromatic rings. The SMILES string of the molecule is CCCCCCCC[C@H](C)c1ccn(-c2ccccc2)c1. The van der Waals surface area contributed by atoms with Gasteiger partial charge in [-0.3, -0.25) is 0 Å². The molecule has 0 spiro atoms. The fourth-order valence-electron chi connectivity index (χ4n) is 2.86. The summed E-state index contributed by atoms with van der Waals surface area (Å²) >= 11 is 0. The highest BCUT2D eigenvalue weighted by Crippen LogP contribution is 2.24. The van der Waals surface area contributed by atoms with E-state index < -0.39 is 0 Å². The quantitative estimate of drug-likeness (QED) is 0.474. The molecule has 1 atom stereocenters. The zero-order chi connectivity index (χ0) is 14.9. The second kappa shape index (κ2) is 8.71. The van der Waals surface area contributed by atoms with Crippen LogP contribution in [0.15, 0.2) is 48.8 Å². The third-order valence-corrected chi connectivity index (χ3v) is 4.33. The molecule has 0 aliphatic rings. The van der Waals surface area contributed by atoms with Gasteiger partial charge in [0.25, 0.3) is 0 Å². The topological polar surface area (TPSA) is 4.93 Å². The average molecular weight is 283 g/mol. The monoisotopic (exact) mass is 283 g/mol. The highest BCUT2D eigenvalue weighted by molar-refractivity contribution is 5.34. The molecule has 0 aliphatic heterocycles. The molecular weight excluding hydrogens is 254 g/mol. The van der Waals surface area contributed by atoms with Gasteiger partial charge in [-0.2, -0.15) is 0 Å². The minimum atomic E-state index is 0.668. The summed E-state index contributed by atoms with van der Waals surface area (Å²) in [5.74, 6) is 0.668. The zero-order valence-corrected chi connectivity index (χ0v) is 13.6. The van der Waals surface area contributed by atoms with Gasteiger partial charge in [0.15, 0.2) is 0 Å². The second-order valence-electron chi connectivity index (χ2n) is 6.15. The van der Waals surface area contributed by atoms with Gasteiger partial charge in [0.1, 0.15) is 0 Å². The molecule has 1 heterocycles. The Labute approximate surface area is 130 Å². The number of benzene rings is 1. The highest BCUT2D eigenvalue weighted by atomic mass is 14.9. The molecule has 0 radical (unpaired) electrons. The number of para-hydroxylation sites is 1. The summed E-state index contributed by atoms with van der Waals surface area (Å²) in [5, 5.41) is 0. The van der Waals surface area contributed by atoms with Gasteiger partial charge in [-0.25, -0.2) is 0 Å². The normalized spacial score (nSPS) is 12.5. The van der Waals surface area contributed by atoms with E-state index in [1.807, 2.05) is 0 Å². The first-order chi connectivity index (χ1) is 10.3. The van der Waals surface area contributed by atoms with Crippen molar-refractivity contribution in [2.24, 2.45) is 0 Å². The molecule has 114 valence electrons. The summed E-state index contributed by atoms with van der Waals surface area (Å²) in [4.78, 5) is 0. The van der Waals surface area contributed by atoms with E-state index in [9.17, 15) is 0 Å². The van der Waals surface area contributed by atoms with Crippen LogP contribution in [0, 0.1) is 0 Å². The van der Waals surface area contributed by atoms with Gasteiger partial charge in [-0.1, -0.05) is 70.6 Å². The smallest absolute Gasteiger partial charge is 0.0449 e. The van der Waals surface area contributed by atoms with Crippen molar-refractivity contribution in [3.05, 3.63) is 54.4 Å². The van der Waals surface area contributed by atoms with Crippen LogP contribution in [0.25, 0.3) is 5.69 Å². The number of aromatic nitrogens is 1. The fourth-order valence-corrected chi connectivity index (χ4v) is 2.86. The summed E-state index contributed by atoms with van der Waals surface area (Å²) in [6.45, 7) is 4.64. The van der Waals surface area contributed by atoms with Gasteiger partial charge in [0.05, 0.1) is 0 Å². The molecule has 2 rings (SSSR count). The Morgan fingerprint density at radius 1 is 0.905 bits per heavy atom. The Balaban J connectivity index is 1.78. The standard InChI is InChI=1S/C20H29N/c1-3-4-5-6-7-9-12-18(2)19-15-16-21(17-19)20-13-10-8-11-14-20/h8,10-11,13-18H,3-7,9,12H2,1-2H3/t18-/m0/s1. The van der Waals surface area contributed by atoms with E-state index in [0.29, 0.717) is 5.92 Å². The van der Waals surface area contributed by atoms with Gasteiger partial charge in [-0.15, -0.1) is 0 Å². The molecule has 0 unspecified atom stereocenters. The van der Waals surface area contributed by atoms with Crippen LogP contribution < -0.4 is 0 Å². The predicted octanol–water partition coefficient (Wildman–Crippen LogP) is 6.33. The average Bonchev–Trinajstić information content (AvgIpc) is 3.01. The summed E-state index contributed by atoms with van der Waals surface area (Å²) in [6.07, 6.45) is 14.1. The van der Waals surface area contributed by atoms with Crippen molar-refractivity contribution in [2.45, 2.75) is 64.7 Å². The van der Waals surface area contributed by atoms with Gasteiger partial charge in [0, 0.05) is 18.1 Å². The van der Waals surface area contributed by atoms with Crippen LogP contribution in [0.1, 0.15) is 70.3 Å². The third kappa shape index (κ3) is 5.08. The number of hydrogen-bond donors (Lipinski definition) is 0. The van der Waals surface area contributed by atoms with E-state index in [2.05, 4.69) is 67.2 Å². The van der Waals surface area contributed by atoms with E-state index in [4.69, 9.17) is 0 Å². The lowest BCUT2D eigenvalue weighted by Crippen LogP contribution is -1.93.